The Bertz CT molecular complexity index is 855. The number of amides is 1. The zero-order valence-corrected chi connectivity index (χ0v) is 11.9. The molecule has 0 atom stereocenters. The van der Waals surface area contributed by atoms with Crippen molar-refractivity contribution in [2.75, 3.05) is 12.1 Å². The standard InChI is InChI=1S/C15H9F4N3O2/c16-10-5-12(18)11(17)4-9(10)8-2-1-7(3-13(8)20-19)14-6-24-15(23)22-21-14/h1-5,20H,6H2,(H,22,23). The maximum Gasteiger partial charge on any atom is 0.428 e. The van der Waals surface area contributed by atoms with E-state index in [0.717, 1.165) is 0 Å². The summed E-state index contributed by atoms with van der Waals surface area (Å²) in [5, 5.41) is 3.76. The molecule has 124 valence electrons. The van der Waals surface area contributed by atoms with Crippen LogP contribution in [0.15, 0.2) is 35.4 Å². The fourth-order valence-electron chi connectivity index (χ4n) is 2.23. The van der Waals surface area contributed by atoms with Crippen molar-refractivity contribution < 1.29 is 27.2 Å². The van der Waals surface area contributed by atoms with E-state index in [1.807, 2.05) is 0 Å². The van der Waals surface area contributed by atoms with Crippen molar-refractivity contribution in [2.45, 2.75) is 0 Å². The van der Waals surface area contributed by atoms with E-state index in [1.54, 1.807) is 0 Å². The molecule has 9 heteroatoms. The van der Waals surface area contributed by atoms with Crippen LogP contribution in [0.4, 0.5) is 28.1 Å². The fraction of sp³-hybridized carbons (Fsp3) is 0.0667. The highest BCUT2D eigenvalue weighted by Crippen LogP contribution is 2.32. The van der Waals surface area contributed by atoms with Gasteiger partial charge in [-0.05, 0) is 12.1 Å². The number of anilines is 1. The molecule has 2 N–H and O–H groups in total. The first-order valence-electron chi connectivity index (χ1n) is 6.65. The smallest absolute Gasteiger partial charge is 0.428 e. The van der Waals surface area contributed by atoms with Gasteiger partial charge in [-0.15, -0.1) is 4.48 Å². The third-order valence-electron chi connectivity index (χ3n) is 3.38. The molecule has 0 unspecified atom stereocenters. The molecule has 2 aromatic rings. The minimum absolute atomic E-state index is 0.0148. The monoisotopic (exact) mass is 339 g/mol. The largest absolute Gasteiger partial charge is 0.442 e. The summed E-state index contributed by atoms with van der Waals surface area (Å²) in [4.78, 5) is 10.9. The number of carbonyl (C=O) groups excluding carboxylic acids is 1. The Kier molecular flexibility index (Phi) is 4.07. The second-order valence-electron chi connectivity index (χ2n) is 4.85. The molecule has 1 heterocycles. The van der Waals surface area contributed by atoms with Gasteiger partial charge in [0.05, 0.1) is 5.69 Å². The molecule has 5 nitrogen and oxygen atoms in total. The molecular formula is C15H9F4N3O2. The summed E-state index contributed by atoms with van der Waals surface area (Å²) < 4.78 is 58.1. The van der Waals surface area contributed by atoms with E-state index in [0.29, 0.717) is 23.4 Å². The van der Waals surface area contributed by atoms with Crippen molar-refractivity contribution in [1.82, 2.24) is 5.43 Å². The molecule has 0 bridgehead atoms. The summed E-state index contributed by atoms with van der Waals surface area (Å²) in [6.07, 6.45) is -0.719. The summed E-state index contributed by atoms with van der Waals surface area (Å²) in [6.45, 7) is -0.129. The Balaban J connectivity index is 2.05. The van der Waals surface area contributed by atoms with Gasteiger partial charge in [-0.1, -0.05) is 12.1 Å². The molecule has 1 amide bonds. The van der Waals surface area contributed by atoms with E-state index in [1.165, 1.54) is 23.7 Å². The molecule has 3 rings (SSSR count). The fourth-order valence-corrected chi connectivity index (χ4v) is 2.23. The maximum atomic E-state index is 13.9. The second-order valence-corrected chi connectivity index (χ2v) is 4.85. The predicted octanol–water partition coefficient (Wildman–Crippen LogP) is 3.51. The second kappa shape index (κ2) is 6.19. The summed E-state index contributed by atoms with van der Waals surface area (Å²) in [6, 6.07) is 5.06. The molecule has 0 spiro atoms. The van der Waals surface area contributed by atoms with Crippen LogP contribution < -0.4 is 11.0 Å². The van der Waals surface area contributed by atoms with Gasteiger partial charge in [-0.25, -0.2) is 28.9 Å². The van der Waals surface area contributed by atoms with E-state index in [9.17, 15) is 22.4 Å². The van der Waals surface area contributed by atoms with Crippen molar-refractivity contribution in [3.8, 4) is 11.1 Å². The molecular weight excluding hydrogens is 330 g/mol. The summed E-state index contributed by atoms with van der Waals surface area (Å²) in [7, 11) is 0. The Hall–Kier alpha value is -3.10. The lowest BCUT2D eigenvalue weighted by Gasteiger charge is -2.15. The zero-order valence-electron chi connectivity index (χ0n) is 11.9. The molecule has 0 radical (unpaired) electrons. The normalized spacial score (nSPS) is 13.8. The number of carbonyl (C=O) groups is 1. The van der Waals surface area contributed by atoms with Gasteiger partial charge in [-0.3, -0.25) is 0 Å². The number of nitrogens with zero attached hydrogens (tertiary/aromatic N) is 1. The Morgan fingerprint density at radius 2 is 1.79 bits per heavy atom. The third-order valence-corrected chi connectivity index (χ3v) is 3.38. The van der Waals surface area contributed by atoms with Crippen molar-refractivity contribution in [3.05, 3.63) is 53.3 Å². The molecule has 2 aromatic carbocycles. The van der Waals surface area contributed by atoms with Gasteiger partial charge in [0.1, 0.15) is 18.1 Å². The van der Waals surface area contributed by atoms with E-state index in [4.69, 9.17) is 4.74 Å². The number of hydrogen-bond donors (Lipinski definition) is 2. The molecule has 0 saturated carbocycles. The van der Waals surface area contributed by atoms with Gasteiger partial charge in [0, 0.05) is 22.8 Å². The number of rotatable bonds is 3. The summed E-state index contributed by atoms with van der Waals surface area (Å²) >= 11 is 0. The van der Waals surface area contributed by atoms with Gasteiger partial charge in [0.15, 0.2) is 11.6 Å². The lowest BCUT2D eigenvalue weighted by Crippen LogP contribution is -2.30. The van der Waals surface area contributed by atoms with E-state index >= 15 is 0 Å². The predicted molar refractivity (Wildman–Crippen MR) is 77.5 cm³/mol. The van der Waals surface area contributed by atoms with Crippen molar-refractivity contribution in [3.63, 3.8) is 0 Å². The van der Waals surface area contributed by atoms with Crippen LogP contribution in [-0.2, 0) is 4.74 Å². The van der Waals surface area contributed by atoms with Gasteiger partial charge >= 0.3 is 6.09 Å². The zero-order chi connectivity index (χ0) is 17.3. The van der Waals surface area contributed by atoms with Gasteiger partial charge in [0.2, 0.25) is 0 Å². The Morgan fingerprint density at radius 3 is 2.46 bits per heavy atom. The molecule has 0 aliphatic carbocycles. The molecule has 1 aliphatic heterocycles. The highest BCUT2D eigenvalue weighted by Gasteiger charge is 2.18. The Morgan fingerprint density at radius 1 is 1.04 bits per heavy atom. The quantitative estimate of drug-likeness (QED) is 0.511. The van der Waals surface area contributed by atoms with Crippen LogP contribution in [0.1, 0.15) is 5.56 Å². The molecule has 24 heavy (non-hydrogen) atoms. The van der Waals surface area contributed by atoms with Crippen LogP contribution in [0.2, 0.25) is 0 Å². The number of ether oxygens (including phenoxy) is 1. The number of nitrogens with one attached hydrogen (secondary N) is 2. The molecule has 0 saturated heterocycles. The number of hydrazone groups is 1. The average molecular weight is 339 g/mol. The van der Waals surface area contributed by atoms with Crippen LogP contribution in [-0.4, -0.2) is 18.4 Å². The van der Waals surface area contributed by atoms with E-state index in [2.05, 4.69) is 10.5 Å². The summed E-state index contributed by atoms with van der Waals surface area (Å²) in [5.41, 5.74) is 3.67. The maximum absolute atomic E-state index is 13.9. The average Bonchev–Trinajstić information content (AvgIpc) is 2.58. The van der Waals surface area contributed by atoms with Crippen LogP contribution in [0.25, 0.3) is 11.1 Å². The van der Waals surface area contributed by atoms with Crippen LogP contribution >= 0.6 is 0 Å². The van der Waals surface area contributed by atoms with Gasteiger partial charge in [0.25, 0.3) is 0 Å². The van der Waals surface area contributed by atoms with Crippen molar-refractivity contribution >= 4 is 17.5 Å². The number of halogens is 4. The van der Waals surface area contributed by atoms with Crippen molar-refractivity contribution in [1.29, 1.82) is 0 Å². The first-order chi connectivity index (χ1) is 11.5. The van der Waals surface area contributed by atoms with Crippen LogP contribution in [0.3, 0.4) is 0 Å². The summed E-state index contributed by atoms with van der Waals surface area (Å²) in [5.74, 6) is -3.64. The third kappa shape index (κ3) is 2.87. The highest BCUT2D eigenvalue weighted by atomic mass is 19.2. The molecule has 0 aromatic heterocycles. The van der Waals surface area contributed by atoms with E-state index in [-0.39, 0.29) is 23.4 Å². The van der Waals surface area contributed by atoms with Crippen molar-refractivity contribution in [2.24, 2.45) is 5.10 Å². The van der Waals surface area contributed by atoms with Crippen LogP contribution in [0.5, 0.6) is 0 Å². The van der Waals surface area contributed by atoms with E-state index < -0.39 is 23.5 Å². The minimum atomic E-state index is -1.34. The molecule has 0 fully saturated rings. The van der Waals surface area contributed by atoms with Gasteiger partial charge < -0.3 is 4.74 Å². The Labute approximate surface area is 132 Å². The first kappa shape index (κ1) is 15.8. The minimum Gasteiger partial charge on any atom is -0.442 e. The number of hydrogen-bond acceptors (Lipinski definition) is 4. The highest BCUT2D eigenvalue weighted by molar-refractivity contribution is 6.05. The SMILES string of the molecule is O=C1NN=C(c2ccc(-c3cc(F)c(F)cc3F)c(NF)c2)CO1. The first-order valence-corrected chi connectivity index (χ1v) is 6.65. The lowest BCUT2D eigenvalue weighted by molar-refractivity contribution is 0.157. The lowest BCUT2D eigenvalue weighted by atomic mass is 9.99. The molecule has 1 aliphatic rings. The topological polar surface area (TPSA) is 62.7 Å². The van der Waals surface area contributed by atoms with Gasteiger partial charge in [-0.2, -0.15) is 5.10 Å². The number of benzene rings is 2. The van der Waals surface area contributed by atoms with Crippen LogP contribution in [0, 0.1) is 17.5 Å². The number of cyclic esters (lactones) is 1.